The molecule has 3 heteroatoms. The molecule has 0 aliphatic carbocycles. The second kappa shape index (κ2) is 7.08. The van der Waals surface area contributed by atoms with Gasteiger partial charge >= 0.3 is 0 Å². The zero-order valence-corrected chi connectivity index (χ0v) is 13.3. The third-order valence-corrected chi connectivity index (χ3v) is 4.48. The summed E-state index contributed by atoms with van der Waals surface area (Å²) in [5, 5.41) is 4.09. The number of hydrogen-bond acceptors (Lipinski definition) is 2. The summed E-state index contributed by atoms with van der Waals surface area (Å²) in [5.74, 6) is 0.858. The van der Waals surface area contributed by atoms with Gasteiger partial charge in [-0.3, -0.25) is 4.79 Å². The number of rotatable bonds is 5. The van der Waals surface area contributed by atoms with Gasteiger partial charge in [0, 0.05) is 24.4 Å². The number of Topliss-reactive ketones (excluding diaryl/α,β-unsaturated/α-hetero) is 1. The lowest BCUT2D eigenvalue weighted by Gasteiger charge is -2.09. The fraction of sp³-hybridized carbons (Fsp3) is 0.316. The normalized spacial score (nSPS) is 17.6. The second-order valence-electron chi connectivity index (χ2n) is 5.95. The van der Waals surface area contributed by atoms with E-state index >= 15 is 0 Å². The zero-order valence-electron chi connectivity index (χ0n) is 12.5. The Morgan fingerprint density at radius 1 is 1.00 bits per heavy atom. The first-order chi connectivity index (χ1) is 10.7. The van der Waals surface area contributed by atoms with Crippen molar-refractivity contribution in [2.24, 2.45) is 0 Å². The molecule has 1 N–H and O–H groups in total. The fourth-order valence-electron chi connectivity index (χ4n) is 2.97. The van der Waals surface area contributed by atoms with Crippen molar-refractivity contribution in [2.75, 3.05) is 13.1 Å². The predicted molar refractivity (Wildman–Crippen MR) is 90.5 cm³/mol. The van der Waals surface area contributed by atoms with Gasteiger partial charge in [-0.2, -0.15) is 0 Å². The summed E-state index contributed by atoms with van der Waals surface area (Å²) in [7, 11) is 0. The average molecular weight is 314 g/mol. The lowest BCUT2D eigenvalue weighted by atomic mass is 9.96. The van der Waals surface area contributed by atoms with Gasteiger partial charge in [0.1, 0.15) is 5.78 Å². The summed E-state index contributed by atoms with van der Waals surface area (Å²) >= 11 is 5.86. The molecular weight excluding hydrogens is 294 g/mol. The number of carbonyl (C=O) groups excluding carboxylic acids is 1. The van der Waals surface area contributed by atoms with E-state index in [-0.39, 0.29) is 5.78 Å². The molecule has 0 bridgehead atoms. The van der Waals surface area contributed by atoms with Gasteiger partial charge in [0.05, 0.1) is 0 Å². The summed E-state index contributed by atoms with van der Waals surface area (Å²) in [6, 6.07) is 16.0. The van der Waals surface area contributed by atoms with Crippen molar-refractivity contribution in [1.29, 1.82) is 0 Å². The Balaban J connectivity index is 1.57. The van der Waals surface area contributed by atoms with Crippen molar-refractivity contribution >= 4 is 17.4 Å². The van der Waals surface area contributed by atoms with Gasteiger partial charge in [0.15, 0.2) is 0 Å². The number of carbonyl (C=O) groups is 1. The van der Waals surface area contributed by atoms with Gasteiger partial charge in [-0.25, -0.2) is 0 Å². The van der Waals surface area contributed by atoms with Crippen LogP contribution in [0.5, 0.6) is 0 Å². The molecule has 2 aromatic carbocycles. The molecule has 1 heterocycles. The van der Waals surface area contributed by atoms with Gasteiger partial charge in [-0.1, -0.05) is 48.0 Å². The molecule has 1 fully saturated rings. The SMILES string of the molecule is O=C(Cc1ccc(Cl)cc1)Cc1ccc(C2CCNC2)cc1. The number of halogens is 1. The van der Waals surface area contributed by atoms with E-state index < -0.39 is 0 Å². The highest BCUT2D eigenvalue weighted by Gasteiger charge is 2.16. The van der Waals surface area contributed by atoms with Gasteiger partial charge < -0.3 is 5.32 Å². The van der Waals surface area contributed by atoms with Gasteiger partial charge in [-0.05, 0) is 47.7 Å². The van der Waals surface area contributed by atoms with Crippen LogP contribution in [0, 0.1) is 0 Å². The molecule has 2 nitrogen and oxygen atoms in total. The van der Waals surface area contributed by atoms with Crippen LogP contribution >= 0.6 is 11.6 Å². The Kier molecular flexibility index (Phi) is 4.91. The smallest absolute Gasteiger partial charge is 0.141 e. The van der Waals surface area contributed by atoms with Gasteiger partial charge in [-0.15, -0.1) is 0 Å². The molecule has 1 saturated heterocycles. The average Bonchev–Trinajstić information content (AvgIpc) is 3.05. The standard InChI is InChI=1S/C19H20ClNO/c20-18-7-3-15(4-8-18)12-19(22)11-14-1-5-16(6-2-14)17-9-10-21-13-17/h1-8,17,21H,9-13H2. The van der Waals surface area contributed by atoms with E-state index in [2.05, 4.69) is 29.6 Å². The number of ketones is 1. The summed E-state index contributed by atoms with van der Waals surface area (Å²) in [6.45, 7) is 2.17. The molecule has 0 spiro atoms. The number of nitrogens with one attached hydrogen (secondary N) is 1. The highest BCUT2D eigenvalue weighted by atomic mass is 35.5. The summed E-state index contributed by atoms with van der Waals surface area (Å²) < 4.78 is 0. The van der Waals surface area contributed by atoms with Crippen LogP contribution in [0.25, 0.3) is 0 Å². The van der Waals surface area contributed by atoms with E-state index in [0.29, 0.717) is 23.8 Å². The van der Waals surface area contributed by atoms with Crippen LogP contribution in [-0.2, 0) is 17.6 Å². The molecule has 3 rings (SSSR count). The highest BCUT2D eigenvalue weighted by molar-refractivity contribution is 6.30. The molecule has 2 aromatic rings. The van der Waals surface area contributed by atoms with Crippen LogP contribution in [0.3, 0.4) is 0 Å². The van der Waals surface area contributed by atoms with Crippen LogP contribution in [0.4, 0.5) is 0 Å². The van der Waals surface area contributed by atoms with E-state index in [1.807, 2.05) is 24.3 Å². The maximum Gasteiger partial charge on any atom is 0.141 e. The Morgan fingerprint density at radius 3 is 2.14 bits per heavy atom. The van der Waals surface area contributed by atoms with Crippen LogP contribution in [-0.4, -0.2) is 18.9 Å². The predicted octanol–water partition coefficient (Wildman–Crippen LogP) is 3.77. The quantitative estimate of drug-likeness (QED) is 0.910. The van der Waals surface area contributed by atoms with Crippen LogP contribution < -0.4 is 5.32 Å². The third-order valence-electron chi connectivity index (χ3n) is 4.23. The molecule has 1 aliphatic rings. The first-order valence-corrected chi connectivity index (χ1v) is 8.14. The molecule has 0 amide bonds. The van der Waals surface area contributed by atoms with E-state index in [4.69, 9.17) is 11.6 Å². The Bertz CT molecular complexity index is 627. The molecule has 114 valence electrons. The Labute approximate surface area is 136 Å². The van der Waals surface area contributed by atoms with E-state index in [1.165, 1.54) is 12.0 Å². The second-order valence-corrected chi connectivity index (χ2v) is 6.39. The van der Waals surface area contributed by atoms with Crippen molar-refractivity contribution in [3.63, 3.8) is 0 Å². The molecule has 22 heavy (non-hydrogen) atoms. The monoisotopic (exact) mass is 313 g/mol. The molecule has 0 aromatic heterocycles. The summed E-state index contributed by atoms with van der Waals surface area (Å²) in [5.41, 5.74) is 3.48. The lowest BCUT2D eigenvalue weighted by Crippen LogP contribution is -2.08. The largest absolute Gasteiger partial charge is 0.316 e. The van der Waals surface area contributed by atoms with Crippen LogP contribution in [0.15, 0.2) is 48.5 Å². The minimum Gasteiger partial charge on any atom is -0.316 e. The van der Waals surface area contributed by atoms with Crippen LogP contribution in [0.2, 0.25) is 5.02 Å². The number of benzene rings is 2. The highest BCUT2D eigenvalue weighted by Crippen LogP contribution is 2.22. The van der Waals surface area contributed by atoms with E-state index in [9.17, 15) is 4.79 Å². The minimum absolute atomic E-state index is 0.234. The molecule has 1 aliphatic heterocycles. The number of hydrogen-bond donors (Lipinski definition) is 1. The maximum absolute atomic E-state index is 12.2. The zero-order chi connectivity index (χ0) is 15.4. The van der Waals surface area contributed by atoms with Crippen molar-refractivity contribution < 1.29 is 4.79 Å². The van der Waals surface area contributed by atoms with Crippen molar-refractivity contribution in [3.05, 3.63) is 70.2 Å². The first-order valence-electron chi connectivity index (χ1n) is 7.76. The topological polar surface area (TPSA) is 29.1 Å². The maximum atomic E-state index is 12.2. The molecule has 1 atom stereocenters. The fourth-order valence-corrected chi connectivity index (χ4v) is 3.09. The van der Waals surface area contributed by atoms with Crippen molar-refractivity contribution in [2.45, 2.75) is 25.2 Å². The molecule has 0 radical (unpaired) electrons. The summed E-state index contributed by atoms with van der Waals surface area (Å²) in [6.07, 6.45) is 2.16. The van der Waals surface area contributed by atoms with Crippen molar-refractivity contribution in [1.82, 2.24) is 5.32 Å². The minimum atomic E-state index is 0.234. The Morgan fingerprint density at radius 2 is 1.59 bits per heavy atom. The van der Waals surface area contributed by atoms with E-state index in [0.717, 1.165) is 24.2 Å². The van der Waals surface area contributed by atoms with Crippen LogP contribution in [0.1, 0.15) is 29.0 Å². The first kappa shape index (κ1) is 15.3. The Hall–Kier alpha value is -1.64. The van der Waals surface area contributed by atoms with Crippen molar-refractivity contribution in [3.8, 4) is 0 Å². The molecule has 1 unspecified atom stereocenters. The summed E-state index contributed by atoms with van der Waals surface area (Å²) in [4.78, 5) is 12.2. The third kappa shape index (κ3) is 3.96. The molecular formula is C19H20ClNO. The molecule has 0 saturated carbocycles. The van der Waals surface area contributed by atoms with Gasteiger partial charge in [0.25, 0.3) is 0 Å². The van der Waals surface area contributed by atoms with Gasteiger partial charge in [0.2, 0.25) is 0 Å². The lowest BCUT2D eigenvalue weighted by molar-refractivity contribution is -0.117. The van der Waals surface area contributed by atoms with E-state index in [1.54, 1.807) is 0 Å².